The lowest BCUT2D eigenvalue weighted by Gasteiger charge is -2.11. The minimum absolute atomic E-state index is 0.172. The molecule has 0 spiro atoms. The third-order valence-electron chi connectivity index (χ3n) is 4.04. The second-order valence-electron chi connectivity index (χ2n) is 6.17. The standard InChI is InChI=1S/C20H15BrF2N2O3S/c1-12-10-14(21)4-9-19(12)24-20(26)13-2-5-15(6-3-13)25-29(27,28)16-7-8-17(22)18(23)11-16/h2-11,25H,1H3,(H,24,26). The van der Waals surface area contributed by atoms with Crippen molar-refractivity contribution in [3.63, 3.8) is 0 Å². The molecule has 0 unspecified atom stereocenters. The largest absolute Gasteiger partial charge is 0.322 e. The first kappa shape index (κ1) is 20.9. The molecule has 0 aliphatic carbocycles. The Bertz CT molecular complexity index is 1180. The lowest BCUT2D eigenvalue weighted by molar-refractivity contribution is 0.102. The maximum atomic E-state index is 13.3. The first-order valence-electron chi connectivity index (χ1n) is 8.31. The highest BCUT2D eigenvalue weighted by molar-refractivity contribution is 9.10. The molecule has 0 aliphatic heterocycles. The highest BCUT2D eigenvalue weighted by Crippen LogP contribution is 2.22. The van der Waals surface area contributed by atoms with E-state index in [0.29, 0.717) is 17.3 Å². The summed E-state index contributed by atoms with van der Waals surface area (Å²) in [4.78, 5) is 12.0. The summed E-state index contributed by atoms with van der Waals surface area (Å²) in [6.45, 7) is 1.86. The van der Waals surface area contributed by atoms with E-state index < -0.39 is 26.6 Å². The number of hydrogen-bond donors (Lipinski definition) is 2. The highest BCUT2D eigenvalue weighted by Gasteiger charge is 2.17. The lowest BCUT2D eigenvalue weighted by Crippen LogP contribution is -2.15. The van der Waals surface area contributed by atoms with Gasteiger partial charge >= 0.3 is 0 Å². The van der Waals surface area contributed by atoms with Crippen molar-refractivity contribution in [2.45, 2.75) is 11.8 Å². The summed E-state index contributed by atoms with van der Waals surface area (Å²) < 4.78 is 54.1. The SMILES string of the molecule is Cc1cc(Br)ccc1NC(=O)c1ccc(NS(=O)(=O)c2ccc(F)c(F)c2)cc1. The van der Waals surface area contributed by atoms with Gasteiger partial charge in [0, 0.05) is 21.4 Å². The molecule has 0 fully saturated rings. The van der Waals surface area contributed by atoms with E-state index in [1.54, 1.807) is 12.1 Å². The Morgan fingerprint density at radius 2 is 1.62 bits per heavy atom. The summed E-state index contributed by atoms with van der Waals surface area (Å²) in [5, 5.41) is 2.78. The summed E-state index contributed by atoms with van der Waals surface area (Å²) in [6.07, 6.45) is 0. The zero-order valence-corrected chi connectivity index (χ0v) is 17.4. The van der Waals surface area contributed by atoms with Crippen LogP contribution in [-0.4, -0.2) is 14.3 Å². The average Bonchev–Trinajstić information content (AvgIpc) is 2.66. The van der Waals surface area contributed by atoms with Crippen LogP contribution < -0.4 is 10.0 Å². The quantitative estimate of drug-likeness (QED) is 0.533. The van der Waals surface area contributed by atoms with Gasteiger partial charge in [-0.25, -0.2) is 17.2 Å². The number of rotatable bonds is 5. The van der Waals surface area contributed by atoms with Gasteiger partial charge in [-0.15, -0.1) is 0 Å². The Morgan fingerprint density at radius 3 is 2.24 bits per heavy atom. The van der Waals surface area contributed by atoms with E-state index in [1.165, 1.54) is 24.3 Å². The van der Waals surface area contributed by atoms with E-state index in [9.17, 15) is 22.0 Å². The summed E-state index contributed by atoms with van der Waals surface area (Å²) in [5.74, 6) is -2.76. The van der Waals surface area contributed by atoms with Crippen molar-refractivity contribution in [2.24, 2.45) is 0 Å². The smallest absolute Gasteiger partial charge is 0.261 e. The van der Waals surface area contributed by atoms with Gasteiger partial charge in [-0.3, -0.25) is 9.52 Å². The predicted octanol–water partition coefficient (Wildman–Crippen LogP) is 5.09. The molecule has 0 saturated carbocycles. The molecular weight excluding hydrogens is 466 g/mol. The number of nitrogens with one attached hydrogen (secondary N) is 2. The van der Waals surface area contributed by atoms with Crippen molar-refractivity contribution in [2.75, 3.05) is 10.0 Å². The lowest BCUT2D eigenvalue weighted by atomic mass is 10.1. The minimum atomic E-state index is -4.11. The van der Waals surface area contributed by atoms with Crippen molar-refractivity contribution in [3.8, 4) is 0 Å². The molecule has 5 nitrogen and oxygen atoms in total. The fourth-order valence-electron chi connectivity index (χ4n) is 2.51. The van der Waals surface area contributed by atoms with Crippen LogP contribution in [0.1, 0.15) is 15.9 Å². The zero-order chi connectivity index (χ0) is 21.2. The highest BCUT2D eigenvalue weighted by atomic mass is 79.9. The Hall–Kier alpha value is -2.78. The zero-order valence-electron chi connectivity index (χ0n) is 15.0. The molecule has 0 heterocycles. The second-order valence-corrected chi connectivity index (χ2v) is 8.77. The molecule has 1 amide bonds. The monoisotopic (exact) mass is 480 g/mol. The molecule has 9 heteroatoms. The van der Waals surface area contributed by atoms with E-state index in [0.717, 1.165) is 22.2 Å². The summed E-state index contributed by atoms with van der Waals surface area (Å²) in [5.41, 5.74) is 2.03. The molecule has 0 bridgehead atoms. The van der Waals surface area contributed by atoms with Crippen LogP contribution in [-0.2, 0) is 10.0 Å². The normalized spacial score (nSPS) is 11.2. The molecule has 0 radical (unpaired) electrons. The van der Waals surface area contributed by atoms with Crippen LogP contribution in [0.25, 0.3) is 0 Å². The van der Waals surface area contributed by atoms with Gasteiger partial charge in [0.1, 0.15) is 0 Å². The molecule has 29 heavy (non-hydrogen) atoms. The van der Waals surface area contributed by atoms with E-state index >= 15 is 0 Å². The van der Waals surface area contributed by atoms with Gasteiger partial charge < -0.3 is 5.32 Å². The summed E-state index contributed by atoms with van der Waals surface area (Å²) >= 11 is 3.36. The number of halogens is 3. The number of carbonyl (C=O) groups is 1. The maximum absolute atomic E-state index is 13.3. The van der Waals surface area contributed by atoms with Crippen LogP contribution >= 0.6 is 15.9 Å². The average molecular weight is 481 g/mol. The molecular formula is C20H15BrF2N2O3S. The number of sulfonamides is 1. The van der Waals surface area contributed by atoms with Crippen molar-refractivity contribution in [1.82, 2.24) is 0 Å². The number of hydrogen-bond acceptors (Lipinski definition) is 3. The molecule has 3 rings (SSSR count). The Labute approximate surface area is 174 Å². The van der Waals surface area contributed by atoms with E-state index in [1.807, 2.05) is 13.0 Å². The third-order valence-corrected chi connectivity index (χ3v) is 5.91. The van der Waals surface area contributed by atoms with Gasteiger partial charge in [-0.2, -0.15) is 0 Å². The van der Waals surface area contributed by atoms with Crippen LogP contribution in [0, 0.1) is 18.6 Å². The first-order valence-corrected chi connectivity index (χ1v) is 10.6. The second kappa shape index (κ2) is 8.30. The van der Waals surface area contributed by atoms with Crippen LogP contribution in [0.15, 0.2) is 70.0 Å². The van der Waals surface area contributed by atoms with Crippen LogP contribution in [0.2, 0.25) is 0 Å². The van der Waals surface area contributed by atoms with Gasteiger partial charge in [-0.1, -0.05) is 15.9 Å². The van der Waals surface area contributed by atoms with Crippen molar-refractivity contribution < 1.29 is 22.0 Å². The Balaban J connectivity index is 1.74. The fraction of sp³-hybridized carbons (Fsp3) is 0.0500. The molecule has 0 aliphatic rings. The van der Waals surface area contributed by atoms with E-state index in [4.69, 9.17) is 0 Å². The molecule has 3 aromatic rings. The number of anilines is 2. The van der Waals surface area contributed by atoms with Crippen molar-refractivity contribution in [3.05, 3.63) is 87.9 Å². The molecule has 3 aromatic carbocycles. The van der Waals surface area contributed by atoms with Crippen molar-refractivity contribution in [1.29, 1.82) is 0 Å². The van der Waals surface area contributed by atoms with Crippen LogP contribution in [0.3, 0.4) is 0 Å². The van der Waals surface area contributed by atoms with E-state index in [-0.39, 0.29) is 11.6 Å². The van der Waals surface area contributed by atoms with Gasteiger partial charge in [0.05, 0.1) is 4.90 Å². The van der Waals surface area contributed by atoms with Crippen molar-refractivity contribution >= 4 is 43.2 Å². The Kier molecular flexibility index (Phi) is 5.99. The van der Waals surface area contributed by atoms with E-state index in [2.05, 4.69) is 26.0 Å². The first-order chi connectivity index (χ1) is 13.7. The van der Waals surface area contributed by atoms with Gasteiger partial charge in [-0.05, 0) is 73.2 Å². The molecule has 0 saturated heterocycles. The number of aryl methyl sites for hydroxylation is 1. The topological polar surface area (TPSA) is 75.3 Å². The van der Waals surface area contributed by atoms with Crippen LogP contribution in [0.4, 0.5) is 20.2 Å². The minimum Gasteiger partial charge on any atom is -0.322 e. The maximum Gasteiger partial charge on any atom is 0.261 e. The molecule has 0 atom stereocenters. The fourth-order valence-corrected chi connectivity index (χ4v) is 4.06. The van der Waals surface area contributed by atoms with Crippen LogP contribution in [0.5, 0.6) is 0 Å². The predicted molar refractivity (Wildman–Crippen MR) is 110 cm³/mol. The summed E-state index contributed by atoms with van der Waals surface area (Å²) in [6, 6.07) is 13.4. The van der Waals surface area contributed by atoms with Gasteiger partial charge in [0.25, 0.3) is 15.9 Å². The molecule has 150 valence electrons. The third kappa shape index (κ3) is 4.99. The Morgan fingerprint density at radius 1 is 0.931 bits per heavy atom. The van der Waals surface area contributed by atoms with Gasteiger partial charge in [0.15, 0.2) is 11.6 Å². The summed E-state index contributed by atoms with van der Waals surface area (Å²) in [7, 11) is -4.11. The number of carbonyl (C=O) groups excluding carboxylic acids is 1. The number of benzene rings is 3. The molecule has 0 aromatic heterocycles. The number of amides is 1. The van der Waals surface area contributed by atoms with Gasteiger partial charge in [0.2, 0.25) is 0 Å². The molecule has 2 N–H and O–H groups in total.